The van der Waals surface area contributed by atoms with Crippen LogP contribution < -0.4 is 5.32 Å². The van der Waals surface area contributed by atoms with Crippen molar-refractivity contribution < 1.29 is 4.79 Å². The lowest BCUT2D eigenvalue weighted by atomic mass is 10.2. The van der Waals surface area contributed by atoms with E-state index >= 15 is 0 Å². The van der Waals surface area contributed by atoms with Gasteiger partial charge in [0.1, 0.15) is 0 Å². The number of nitrogens with one attached hydrogen (secondary N) is 1. The molecule has 0 aromatic carbocycles. The zero-order valence-electron chi connectivity index (χ0n) is 10.7. The molecule has 0 fully saturated rings. The summed E-state index contributed by atoms with van der Waals surface area (Å²) < 4.78 is 0. The molecule has 100 valence electrons. The van der Waals surface area contributed by atoms with Crippen LogP contribution in [0.2, 0.25) is 0 Å². The van der Waals surface area contributed by atoms with E-state index in [1.807, 2.05) is 35.9 Å². The lowest BCUT2D eigenvalue weighted by Crippen LogP contribution is -2.10. The van der Waals surface area contributed by atoms with E-state index in [0.717, 1.165) is 21.7 Å². The van der Waals surface area contributed by atoms with Gasteiger partial charge in [0.25, 0.3) is 5.91 Å². The predicted octanol–water partition coefficient (Wildman–Crippen LogP) is 3.83. The third-order valence-corrected chi connectivity index (χ3v) is 4.52. The predicted molar refractivity (Wildman–Crippen MR) is 82.4 cm³/mol. The summed E-state index contributed by atoms with van der Waals surface area (Å²) in [5, 5.41) is 7.25. The number of aryl methyl sites for hydroxylation is 1. The van der Waals surface area contributed by atoms with Gasteiger partial charge in [0.2, 0.25) is 0 Å². The average Bonchev–Trinajstić information content (AvgIpc) is 3.09. The van der Waals surface area contributed by atoms with E-state index in [4.69, 9.17) is 0 Å². The van der Waals surface area contributed by atoms with Gasteiger partial charge < -0.3 is 0 Å². The quantitative estimate of drug-likeness (QED) is 0.800. The van der Waals surface area contributed by atoms with Gasteiger partial charge in [-0.05, 0) is 36.1 Å². The van der Waals surface area contributed by atoms with Crippen molar-refractivity contribution in [2.24, 2.45) is 0 Å². The number of carbonyl (C=O) groups is 1. The number of amides is 1. The number of hydrogen-bond acceptors (Lipinski definition) is 5. The van der Waals surface area contributed by atoms with Gasteiger partial charge in [-0.15, -0.1) is 22.7 Å². The number of hydrogen-bond donors (Lipinski definition) is 1. The summed E-state index contributed by atoms with van der Waals surface area (Å²) in [7, 11) is 0. The number of anilines is 1. The molecular weight excluding hydrogens is 290 g/mol. The molecule has 0 unspecified atom stereocenters. The fourth-order valence-corrected chi connectivity index (χ4v) is 3.27. The van der Waals surface area contributed by atoms with Crippen molar-refractivity contribution in [2.75, 3.05) is 5.32 Å². The van der Waals surface area contributed by atoms with Crippen molar-refractivity contribution in [3.05, 3.63) is 51.8 Å². The SMILES string of the molecule is Cc1ccsc1C(=O)Nc1nc(-c2cccnc2)cs1. The Labute approximate surface area is 124 Å². The van der Waals surface area contributed by atoms with Crippen LogP contribution >= 0.6 is 22.7 Å². The van der Waals surface area contributed by atoms with E-state index in [-0.39, 0.29) is 5.91 Å². The zero-order chi connectivity index (χ0) is 13.9. The molecule has 0 radical (unpaired) electrons. The minimum Gasteiger partial charge on any atom is -0.297 e. The Hall–Kier alpha value is -2.05. The van der Waals surface area contributed by atoms with Gasteiger partial charge in [0.05, 0.1) is 10.6 Å². The van der Waals surface area contributed by atoms with Gasteiger partial charge in [-0.2, -0.15) is 0 Å². The monoisotopic (exact) mass is 301 g/mol. The first-order chi connectivity index (χ1) is 9.74. The summed E-state index contributed by atoms with van der Waals surface area (Å²) in [5.41, 5.74) is 2.74. The van der Waals surface area contributed by atoms with Gasteiger partial charge in [0, 0.05) is 23.3 Å². The number of thiazole rings is 1. The fraction of sp³-hybridized carbons (Fsp3) is 0.0714. The molecule has 1 N–H and O–H groups in total. The molecule has 6 heteroatoms. The zero-order valence-corrected chi connectivity index (χ0v) is 12.3. The molecule has 0 bridgehead atoms. The van der Waals surface area contributed by atoms with E-state index in [0.29, 0.717) is 5.13 Å². The van der Waals surface area contributed by atoms with E-state index in [2.05, 4.69) is 15.3 Å². The molecule has 0 spiro atoms. The summed E-state index contributed by atoms with van der Waals surface area (Å²) in [5.74, 6) is -0.107. The van der Waals surface area contributed by atoms with Crippen LogP contribution in [0.15, 0.2) is 41.4 Å². The van der Waals surface area contributed by atoms with Gasteiger partial charge in [-0.25, -0.2) is 4.98 Å². The molecule has 20 heavy (non-hydrogen) atoms. The van der Waals surface area contributed by atoms with Crippen LogP contribution in [-0.4, -0.2) is 15.9 Å². The molecular formula is C14H11N3OS2. The lowest BCUT2D eigenvalue weighted by molar-refractivity contribution is 0.103. The molecule has 0 saturated heterocycles. The van der Waals surface area contributed by atoms with Gasteiger partial charge in [-0.1, -0.05) is 0 Å². The smallest absolute Gasteiger partial charge is 0.267 e. The van der Waals surface area contributed by atoms with Crippen LogP contribution in [0.5, 0.6) is 0 Å². The Morgan fingerprint density at radius 2 is 2.20 bits per heavy atom. The topological polar surface area (TPSA) is 54.9 Å². The van der Waals surface area contributed by atoms with Crippen LogP contribution in [0.4, 0.5) is 5.13 Å². The van der Waals surface area contributed by atoms with E-state index in [9.17, 15) is 4.79 Å². The molecule has 3 aromatic heterocycles. The first-order valence-electron chi connectivity index (χ1n) is 5.95. The van der Waals surface area contributed by atoms with Gasteiger partial charge >= 0.3 is 0 Å². The number of rotatable bonds is 3. The van der Waals surface area contributed by atoms with Crippen molar-refractivity contribution in [3.63, 3.8) is 0 Å². The highest BCUT2D eigenvalue weighted by molar-refractivity contribution is 7.14. The molecule has 0 atom stereocenters. The second-order valence-electron chi connectivity index (χ2n) is 4.17. The number of thiophene rings is 1. The summed E-state index contributed by atoms with van der Waals surface area (Å²) in [6.45, 7) is 1.92. The Kier molecular flexibility index (Phi) is 3.58. The third-order valence-electron chi connectivity index (χ3n) is 2.75. The molecule has 0 aliphatic rings. The van der Waals surface area contributed by atoms with E-state index in [1.165, 1.54) is 22.7 Å². The van der Waals surface area contributed by atoms with Gasteiger partial charge in [0.15, 0.2) is 5.13 Å². The second kappa shape index (κ2) is 5.52. The highest BCUT2D eigenvalue weighted by atomic mass is 32.1. The Morgan fingerprint density at radius 1 is 1.30 bits per heavy atom. The van der Waals surface area contributed by atoms with E-state index < -0.39 is 0 Å². The van der Waals surface area contributed by atoms with Gasteiger partial charge in [-0.3, -0.25) is 15.1 Å². The second-order valence-corrected chi connectivity index (χ2v) is 5.94. The van der Waals surface area contributed by atoms with Crippen molar-refractivity contribution in [3.8, 4) is 11.3 Å². The summed E-state index contributed by atoms with van der Waals surface area (Å²) >= 11 is 2.84. The third kappa shape index (κ3) is 2.61. The van der Waals surface area contributed by atoms with Crippen molar-refractivity contribution in [1.29, 1.82) is 0 Å². The van der Waals surface area contributed by atoms with Crippen molar-refractivity contribution in [2.45, 2.75) is 6.92 Å². The number of pyridine rings is 1. The lowest BCUT2D eigenvalue weighted by Gasteiger charge is -2.00. The summed E-state index contributed by atoms with van der Waals surface area (Å²) in [6, 6.07) is 5.74. The van der Waals surface area contributed by atoms with Crippen LogP contribution in [0.25, 0.3) is 11.3 Å². The van der Waals surface area contributed by atoms with Crippen molar-refractivity contribution >= 4 is 33.7 Å². The molecule has 1 amide bonds. The maximum Gasteiger partial charge on any atom is 0.267 e. The minimum atomic E-state index is -0.107. The van der Waals surface area contributed by atoms with Crippen molar-refractivity contribution in [1.82, 2.24) is 9.97 Å². The maximum atomic E-state index is 12.1. The standard InChI is InChI=1S/C14H11N3OS2/c1-9-4-6-19-12(9)13(18)17-14-16-11(8-20-14)10-3-2-5-15-7-10/h2-8H,1H3,(H,16,17,18). The number of nitrogens with zero attached hydrogens (tertiary/aromatic N) is 2. The number of aromatic nitrogens is 2. The molecule has 3 heterocycles. The van der Waals surface area contributed by atoms with Crippen LogP contribution in [0.3, 0.4) is 0 Å². The summed E-state index contributed by atoms with van der Waals surface area (Å²) in [6.07, 6.45) is 3.47. The molecule has 3 rings (SSSR count). The van der Waals surface area contributed by atoms with Crippen LogP contribution in [-0.2, 0) is 0 Å². The molecule has 0 aliphatic heterocycles. The number of carbonyl (C=O) groups excluding carboxylic acids is 1. The largest absolute Gasteiger partial charge is 0.297 e. The molecule has 0 aliphatic carbocycles. The molecule has 3 aromatic rings. The normalized spacial score (nSPS) is 10.4. The highest BCUT2D eigenvalue weighted by Crippen LogP contribution is 2.25. The minimum absolute atomic E-state index is 0.107. The highest BCUT2D eigenvalue weighted by Gasteiger charge is 2.13. The summed E-state index contributed by atoms with van der Waals surface area (Å²) in [4.78, 5) is 21.3. The van der Waals surface area contributed by atoms with Crippen LogP contribution in [0, 0.1) is 6.92 Å². The van der Waals surface area contributed by atoms with E-state index in [1.54, 1.807) is 12.4 Å². The fourth-order valence-electron chi connectivity index (χ4n) is 1.74. The maximum absolute atomic E-state index is 12.1. The Morgan fingerprint density at radius 3 is 2.90 bits per heavy atom. The Balaban J connectivity index is 1.78. The first kappa shape index (κ1) is 13.0. The molecule has 0 saturated carbocycles. The molecule has 4 nitrogen and oxygen atoms in total. The van der Waals surface area contributed by atoms with Crippen LogP contribution in [0.1, 0.15) is 15.2 Å². The average molecular weight is 301 g/mol. The Bertz CT molecular complexity index is 734. The first-order valence-corrected chi connectivity index (χ1v) is 7.71.